The molecule has 1 N–H and O–H groups in total. The van der Waals surface area contributed by atoms with E-state index >= 15 is 0 Å². The van der Waals surface area contributed by atoms with Crippen molar-refractivity contribution in [1.29, 1.82) is 0 Å². The van der Waals surface area contributed by atoms with Gasteiger partial charge in [0.15, 0.2) is 21.4 Å². The number of unbranched alkanes of at least 4 members (excludes halogenated alkanes) is 9. The van der Waals surface area contributed by atoms with Gasteiger partial charge < -0.3 is 9.84 Å². The zero-order valence-electron chi connectivity index (χ0n) is 37.6. The maximum atomic E-state index is 10.2. The minimum Gasteiger partial charge on any atom is -0.491 e. The Bertz CT molecular complexity index is 1950. The highest BCUT2D eigenvalue weighted by Crippen LogP contribution is 2.14. The van der Waals surface area contributed by atoms with Crippen molar-refractivity contribution in [1.82, 2.24) is 0 Å². The number of benzene rings is 6. The van der Waals surface area contributed by atoms with Crippen molar-refractivity contribution in [3.63, 3.8) is 0 Å². The maximum Gasteiger partial charge on any atom is 0.357 e. The zero-order valence-corrected chi connectivity index (χ0v) is 44.0. The standard InChI is InChI=1S/C26H38IO2.C16H18I.C14H14I/c1-2-3-4-5-6-7-8-9-10-14-17-25(28)22-29-26-20-18-24(19-21-26)27-23-15-12-11-13-16-23;1-12(2)14-6-10-16(11-7-14)17-15-8-4-13(3)5-9-15;1-11-3-7-13(8-4-11)15-14-9-5-12(2)6-10-14/h11-13,15-16,18-21,25,28H,2-10,14,17,22H2,1H3;4-12H,1-3H3;3-10H,1-2H3/q3*+1. The fourth-order valence-corrected chi connectivity index (χ4v) is 12.8. The predicted octanol–water partition coefficient (Wildman–Crippen LogP) is 5.54. The number of aryl methyl sites for hydroxylation is 3. The number of rotatable bonds is 21. The number of aliphatic hydroxyl groups excluding tert-OH is 1. The van der Waals surface area contributed by atoms with Crippen LogP contribution in [0.4, 0.5) is 0 Å². The van der Waals surface area contributed by atoms with Crippen LogP contribution in [0.1, 0.15) is 120 Å². The third kappa shape index (κ3) is 22.5. The first-order chi connectivity index (χ1) is 29.7. The van der Waals surface area contributed by atoms with E-state index in [0.29, 0.717) is 12.5 Å². The summed E-state index contributed by atoms with van der Waals surface area (Å²) in [6, 6.07) is 54.9. The molecule has 0 saturated heterocycles. The van der Waals surface area contributed by atoms with Crippen LogP contribution >= 0.6 is 0 Å². The molecule has 0 heterocycles. The van der Waals surface area contributed by atoms with Crippen LogP contribution in [0.5, 0.6) is 5.75 Å². The summed E-state index contributed by atoms with van der Waals surface area (Å²) in [5.74, 6) is 1.48. The zero-order chi connectivity index (χ0) is 43.5. The molecule has 2 nitrogen and oxygen atoms in total. The Balaban J connectivity index is 0.000000217. The third-order valence-electron chi connectivity index (χ3n) is 10.1. The van der Waals surface area contributed by atoms with Crippen molar-refractivity contribution in [2.75, 3.05) is 6.61 Å². The first-order valence-corrected chi connectivity index (χ1v) is 28.8. The molecular weight excluding hydrogens is 1090 g/mol. The van der Waals surface area contributed by atoms with E-state index in [1.165, 1.54) is 101 Å². The summed E-state index contributed by atoms with van der Waals surface area (Å²) >= 11 is -0.145. The third-order valence-corrected chi connectivity index (χ3v) is 18.2. The number of hydrogen-bond donors (Lipinski definition) is 1. The molecule has 0 aliphatic carbocycles. The van der Waals surface area contributed by atoms with Crippen LogP contribution in [-0.2, 0) is 0 Å². The Morgan fingerprint density at radius 2 is 0.770 bits per heavy atom. The van der Waals surface area contributed by atoms with Crippen molar-refractivity contribution in [3.8, 4) is 5.75 Å². The van der Waals surface area contributed by atoms with Gasteiger partial charge in [-0.1, -0.05) is 168 Å². The average Bonchev–Trinajstić information content (AvgIpc) is 3.27. The van der Waals surface area contributed by atoms with Crippen molar-refractivity contribution in [3.05, 3.63) is 195 Å². The molecule has 5 heteroatoms. The smallest absolute Gasteiger partial charge is 0.357 e. The van der Waals surface area contributed by atoms with E-state index in [0.717, 1.165) is 18.6 Å². The molecule has 0 amide bonds. The Kier molecular flexibility index (Phi) is 25.3. The molecule has 0 aromatic heterocycles. The molecule has 0 spiro atoms. The lowest BCUT2D eigenvalue weighted by Crippen LogP contribution is -3.61. The summed E-state index contributed by atoms with van der Waals surface area (Å²) in [7, 11) is 0. The van der Waals surface area contributed by atoms with Gasteiger partial charge in [-0.25, -0.2) is 0 Å². The van der Waals surface area contributed by atoms with Gasteiger partial charge in [-0.2, -0.15) is 0 Å². The summed E-state index contributed by atoms with van der Waals surface area (Å²) in [6.07, 6.45) is 13.7. The highest BCUT2D eigenvalue weighted by atomic mass is 127. The van der Waals surface area contributed by atoms with Gasteiger partial charge >= 0.3 is 63.6 Å². The largest absolute Gasteiger partial charge is 0.491 e. The predicted molar refractivity (Wildman–Crippen MR) is 247 cm³/mol. The molecule has 1 unspecified atom stereocenters. The van der Waals surface area contributed by atoms with E-state index in [-0.39, 0.29) is 69.7 Å². The normalized spacial score (nSPS) is 11.3. The molecule has 0 radical (unpaired) electrons. The average molecular weight is 1160 g/mol. The van der Waals surface area contributed by atoms with Crippen LogP contribution in [-0.4, -0.2) is 17.8 Å². The van der Waals surface area contributed by atoms with Gasteiger partial charge in [0.2, 0.25) is 0 Å². The van der Waals surface area contributed by atoms with Crippen molar-refractivity contribution < 1.29 is 73.5 Å². The lowest BCUT2D eigenvalue weighted by atomic mass is 10.0. The Morgan fingerprint density at radius 3 is 1.16 bits per heavy atom. The minimum atomic E-state index is -0.361. The van der Waals surface area contributed by atoms with Gasteiger partial charge in [0.25, 0.3) is 0 Å². The number of halogens is 3. The van der Waals surface area contributed by atoms with Crippen molar-refractivity contribution in [2.45, 2.75) is 124 Å². The molecular formula is C56H70I3O2+3. The molecule has 6 aromatic rings. The quantitative estimate of drug-likeness (QED) is 0.0759. The fraction of sp³-hybridized carbons (Fsp3) is 0.357. The Labute approximate surface area is 401 Å². The van der Waals surface area contributed by atoms with Gasteiger partial charge in [-0.05, 0) is 124 Å². The molecule has 324 valence electrons. The number of aliphatic hydroxyl groups is 1. The van der Waals surface area contributed by atoms with Gasteiger partial charge in [0.05, 0.1) is 6.10 Å². The molecule has 61 heavy (non-hydrogen) atoms. The maximum absolute atomic E-state index is 10.2. The second kappa shape index (κ2) is 30.4. The highest BCUT2D eigenvalue weighted by molar-refractivity contribution is 5.21. The second-order valence-corrected chi connectivity index (χ2v) is 25.2. The monoisotopic (exact) mass is 1160 g/mol. The first kappa shape index (κ1) is 50.9. The van der Waals surface area contributed by atoms with Crippen molar-refractivity contribution >= 4 is 0 Å². The second-order valence-electron chi connectivity index (χ2n) is 16.1. The van der Waals surface area contributed by atoms with E-state index < -0.39 is 0 Å². The molecule has 0 bridgehead atoms. The van der Waals surface area contributed by atoms with Gasteiger partial charge in [0.1, 0.15) is 12.4 Å². The molecule has 6 rings (SSSR count). The molecule has 0 saturated carbocycles. The molecule has 1 atom stereocenters. The van der Waals surface area contributed by atoms with Gasteiger partial charge in [-0.3, -0.25) is 0 Å². The van der Waals surface area contributed by atoms with E-state index in [9.17, 15) is 5.11 Å². The Morgan fingerprint density at radius 1 is 0.426 bits per heavy atom. The van der Waals surface area contributed by atoms with Crippen LogP contribution in [0.15, 0.2) is 152 Å². The first-order valence-electron chi connectivity index (χ1n) is 22.4. The Hall–Kier alpha value is -2.73. The van der Waals surface area contributed by atoms with Crippen LogP contribution < -0.4 is 68.4 Å². The van der Waals surface area contributed by atoms with E-state index in [4.69, 9.17) is 4.74 Å². The summed E-state index contributed by atoms with van der Waals surface area (Å²) in [4.78, 5) is 0. The summed E-state index contributed by atoms with van der Waals surface area (Å²) in [6.45, 7) is 13.5. The van der Waals surface area contributed by atoms with Crippen LogP contribution in [0.3, 0.4) is 0 Å². The fourth-order valence-electron chi connectivity index (χ4n) is 6.29. The van der Waals surface area contributed by atoms with E-state index in [2.05, 4.69) is 181 Å². The van der Waals surface area contributed by atoms with Crippen LogP contribution in [0, 0.1) is 42.2 Å². The van der Waals surface area contributed by atoms with E-state index in [1.54, 1.807) is 0 Å². The molecule has 0 aliphatic rings. The van der Waals surface area contributed by atoms with E-state index in [1.807, 2.05) is 12.1 Å². The lowest BCUT2D eigenvalue weighted by Gasteiger charge is -2.12. The lowest BCUT2D eigenvalue weighted by molar-refractivity contribution is -0.597. The van der Waals surface area contributed by atoms with Crippen LogP contribution in [0.2, 0.25) is 0 Å². The molecule has 0 aliphatic heterocycles. The molecule has 0 fully saturated rings. The minimum absolute atomic E-state index is 0.00313. The van der Waals surface area contributed by atoms with Gasteiger partial charge in [-0.15, -0.1) is 0 Å². The topological polar surface area (TPSA) is 29.5 Å². The number of hydrogen-bond acceptors (Lipinski definition) is 2. The van der Waals surface area contributed by atoms with Gasteiger partial charge in [0, 0.05) is 0 Å². The summed E-state index contributed by atoms with van der Waals surface area (Å²) < 4.78 is 14.6. The van der Waals surface area contributed by atoms with Crippen molar-refractivity contribution in [2.24, 2.45) is 0 Å². The number of ether oxygens (including phenoxy) is 1. The van der Waals surface area contributed by atoms with Crippen LogP contribution in [0.25, 0.3) is 0 Å². The summed E-state index contributed by atoms with van der Waals surface area (Å²) in [5.41, 5.74) is 5.45. The SMILES string of the molecule is CCCCCCCCCCCCC(O)COc1ccc([I+]c2ccccc2)cc1.Cc1ccc([I+]c2ccc(C(C)C)cc2)cc1.Cc1ccc([I+]c2ccc(C)cc2)cc1. The highest BCUT2D eigenvalue weighted by Gasteiger charge is 2.17. The summed E-state index contributed by atoms with van der Waals surface area (Å²) in [5, 5.41) is 10.2. The molecule has 6 aromatic carbocycles.